The van der Waals surface area contributed by atoms with Gasteiger partial charge in [0.2, 0.25) is 0 Å². The zero-order valence-electron chi connectivity index (χ0n) is 7.39. The Morgan fingerprint density at radius 1 is 1.36 bits per heavy atom. The highest BCUT2D eigenvalue weighted by Gasteiger charge is 2.20. The molecule has 0 heterocycles. The normalized spacial score (nSPS) is 15.1. The number of hydrogen-bond donors (Lipinski definition) is 4. The van der Waals surface area contributed by atoms with Crippen molar-refractivity contribution in [1.82, 2.24) is 0 Å². The van der Waals surface area contributed by atoms with Gasteiger partial charge in [0.25, 0.3) is 0 Å². The molecule has 1 aromatic rings. The van der Waals surface area contributed by atoms with E-state index in [0.717, 1.165) is 0 Å². The van der Waals surface area contributed by atoms with Crippen LogP contribution in [0.25, 0.3) is 0 Å². The molecule has 78 valence electrons. The molecular formula is C9H12BrNO3. The van der Waals surface area contributed by atoms with Crippen LogP contribution in [-0.2, 0) is 0 Å². The molecule has 1 rings (SSSR count). The van der Waals surface area contributed by atoms with Gasteiger partial charge in [0.1, 0.15) is 11.9 Å². The summed E-state index contributed by atoms with van der Waals surface area (Å²) in [6, 6.07) is 4.67. The van der Waals surface area contributed by atoms with E-state index in [0.29, 0.717) is 10.0 Å². The first-order valence-electron chi connectivity index (χ1n) is 4.11. The number of aliphatic hydroxyl groups excluding tert-OH is 2. The third-order valence-electron chi connectivity index (χ3n) is 1.93. The fourth-order valence-electron chi connectivity index (χ4n) is 1.10. The minimum Gasteiger partial charge on any atom is -0.507 e. The number of halogens is 1. The molecular weight excluding hydrogens is 250 g/mol. The van der Waals surface area contributed by atoms with Crippen LogP contribution < -0.4 is 5.73 Å². The van der Waals surface area contributed by atoms with Crippen LogP contribution in [0.5, 0.6) is 5.75 Å². The summed E-state index contributed by atoms with van der Waals surface area (Å²) < 4.78 is 0.375. The highest BCUT2D eigenvalue weighted by molar-refractivity contribution is 9.10. The van der Waals surface area contributed by atoms with Crippen LogP contribution in [0.1, 0.15) is 11.7 Å². The van der Waals surface area contributed by atoms with E-state index in [2.05, 4.69) is 15.9 Å². The summed E-state index contributed by atoms with van der Waals surface area (Å²) in [5.41, 5.74) is 5.63. The molecule has 0 aliphatic heterocycles. The topological polar surface area (TPSA) is 86.7 Å². The van der Waals surface area contributed by atoms with Gasteiger partial charge in [-0.15, -0.1) is 0 Å². The van der Waals surface area contributed by atoms with Crippen LogP contribution in [0.2, 0.25) is 0 Å². The van der Waals surface area contributed by atoms with Crippen molar-refractivity contribution in [3.8, 4) is 5.75 Å². The van der Waals surface area contributed by atoms with Gasteiger partial charge in [0.15, 0.2) is 0 Å². The molecule has 0 fully saturated rings. The Bertz CT molecular complexity index is 319. The molecule has 14 heavy (non-hydrogen) atoms. The lowest BCUT2D eigenvalue weighted by Gasteiger charge is -2.17. The first-order valence-corrected chi connectivity index (χ1v) is 4.90. The zero-order valence-corrected chi connectivity index (χ0v) is 8.98. The maximum Gasteiger partial charge on any atom is 0.130 e. The van der Waals surface area contributed by atoms with E-state index < -0.39 is 12.2 Å². The number of phenolic OH excluding ortho intramolecular Hbond substituents is 1. The smallest absolute Gasteiger partial charge is 0.130 e. The minimum absolute atomic E-state index is 0.0192. The molecule has 0 bridgehead atoms. The highest BCUT2D eigenvalue weighted by atomic mass is 79.9. The van der Waals surface area contributed by atoms with Crippen molar-refractivity contribution < 1.29 is 15.3 Å². The molecule has 0 radical (unpaired) electrons. The Kier molecular flexibility index (Phi) is 3.88. The van der Waals surface area contributed by atoms with E-state index >= 15 is 0 Å². The molecule has 0 aliphatic carbocycles. The second-order valence-corrected chi connectivity index (χ2v) is 3.72. The summed E-state index contributed by atoms with van der Waals surface area (Å²) in [6.45, 7) is -0.0384. The Morgan fingerprint density at radius 2 is 2.00 bits per heavy atom. The zero-order chi connectivity index (χ0) is 10.7. The number of hydrogen-bond acceptors (Lipinski definition) is 4. The van der Waals surface area contributed by atoms with Crippen LogP contribution in [0, 0.1) is 0 Å². The Hall–Kier alpha value is -0.620. The molecule has 0 spiro atoms. The predicted octanol–water partition coefficient (Wildman–Crippen LogP) is 0.508. The summed E-state index contributed by atoms with van der Waals surface area (Å²) >= 11 is 3.12. The second kappa shape index (κ2) is 4.75. The van der Waals surface area contributed by atoms with Crippen LogP contribution in [0.3, 0.4) is 0 Å². The highest BCUT2D eigenvalue weighted by Crippen LogP contribution is 2.32. The van der Waals surface area contributed by atoms with Gasteiger partial charge in [0, 0.05) is 12.1 Å². The number of aliphatic hydroxyl groups is 2. The monoisotopic (exact) mass is 261 g/mol. The summed E-state index contributed by atoms with van der Waals surface area (Å²) in [5.74, 6) is 0.0192. The molecule has 1 aromatic carbocycles. The Balaban J connectivity index is 3.01. The van der Waals surface area contributed by atoms with E-state index in [1.54, 1.807) is 12.1 Å². The number of rotatable bonds is 3. The minimum atomic E-state index is -1.10. The first-order chi connectivity index (χ1) is 6.57. The quantitative estimate of drug-likeness (QED) is 0.639. The van der Waals surface area contributed by atoms with E-state index in [-0.39, 0.29) is 12.3 Å². The molecule has 5 heteroatoms. The van der Waals surface area contributed by atoms with Crippen LogP contribution in [-0.4, -0.2) is 28.0 Å². The van der Waals surface area contributed by atoms with Crippen molar-refractivity contribution in [3.05, 3.63) is 28.2 Å². The van der Waals surface area contributed by atoms with E-state index in [9.17, 15) is 15.3 Å². The SMILES string of the molecule is NCC(O)C(O)c1cccc(O)c1Br. The third kappa shape index (κ3) is 2.24. The van der Waals surface area contributed by atoms with Gasteiger partial charge in [-0.25, -0.2) is 0 Å². The van der Waals surface area contributed by atoms with Crippen molar-refractivity contribution in [3.63, 3.8) is 0 Å². The molecule has 5 N–H and O–H groups in total. The van der Waals surface area contributed by atoms with Gasteiger partial charge in [0.05, 0.1) is 10.6 Å². The summed E-state index contributed by atoms with van der Waals surface area (Å²) in [6.07, 6.45) is -2.13. The molecule has 0 amide bonds. The number of aromatic hydroxyl groups is 1. The predicted molar refractivity (Wildman–Crippen MR) is 55.8 cm³/mol. The van der Waals surface area contributed by atoms with Crippen molar-refractivity contribution >= 4 is 15.9 Å². The second-order valence-electron chi connectivity index (χ2n) is 2.93. The number of phenols is 1. The van der Waals surface area contributed by atoms with Gasteiger partial charge < -0.3 is 21.1 Å². The standard InChI is InChI=1S/C9H12BrNO3/c10-8-5(2-1-3-6(8)12)9(14)7(13)4-11/h1-3,7,9,12-14H,4,11H2. The molecule has 0 saturated heterocycles. The van der Waals surface area contributed by atoms with Crippen molar-refractivity contribution in [2.45, 2.75) is 12.2 Å². The van der Waals surface area contributed by atoms with Gasteiger partial charge in [-0.2, -0.15) is 0 Å². The average molecular weight is 262 g/mol. The van der Waals surface area contributed by atoms with E-state index in [1.165, 1.54) is 6.07 Å². The van der Waals surface area contributed by atoms with Crippen LogP contribution in [0.4, 0.5) is 0 Å². The summed E-state index contributed by atoms with van der Waals surface area (Å²) in [4.78, 5) is 0. The fraction of sp³-hybridized carbons (Fsp3) is 0.333. The third-order valence-corrected chi connectivity index (χ3v) is 2.80. The van der Waals surface area contributed by atoms with Gasteiger partial charge in [-0.3, -0.25) is 0 Å². The van der Waals surface area contributed by atoms with Crippen molar-refractivity contribution in [1.29, 1.82) is 0 Å². The van der Waals surface area contributed by atoms with Gasteiger partial charge >= 0.3 is 0 Å². The maximum atomic E-state index is 9.62. The van der Waals surface area contributed by atoms with Crippen molar-refractivity contribution in [2.24, 2.45) is 5.73 Å². The van der Waals surface area contributed by atoms with E-state index in [1.807, 2.05) is 0 Å². The largest absolute Gasteiger partial charge is 0.507 e. The van der Waals surface area contributed by atoms with Crippen molar-refractivity contribution in [2.75, 3.05) is 6.54 Å². The molecule has 4 nitrogen and oxygen atoms in total. The lowest BCUT2D eigenvalue weighted by Crippen LogP contribution is -2.27. The lowest BCUT2D eigenvalue weighted by atomic mass is 10.0. The number of benzene rings is 1. The molecule has 0 saturated carbocycles. The van der Waals surface area contributed by atoms with Gasteiger partial charge in [-0.1, -0.05) is 12.1 Å². The molecule has 2 unspecified atom stereocenters. The first kappa shape index (κ1) is 11.5. The maximum absolute atomic E-state index is 9.62. The van der Waals surface area contributed by atoms with Gasteiger partial charge in [-0.05, 0) is 22.0 Å². The molecule has 0 aliphatic rings. The Labute approximate surface area is 90.1 Å². The molecule has 2 atom stereocenters. The van der Waals surface area contributed by atoms with Crippen LogP contribution >= 0.6 is 15.9 Å². The van der Waals surface area contributed by atoms with Crippen LogP contribution in [0.15, 0.2) is 22.7 Å². The van der Waals surface area contributed by atoms with E-state index in [4.69, 9.17) is 5.73 Å². The summed E-state index contributed by atoms with van der Waals surface area (Å²) in [5, 5.41) is 28.3. The lowest BCUT2D eigenvalue weighted by molar-refractivity contribution is 0.0238. The molecule has 0 aromatic heterocycles. The summed E-state index contributed by atoms with van der Waals surface area (Å²) in [7, 11) is 0. The fourth-order valence-corrected chi connectivity index (χ4v) is 1.60. The Morgan fingerprint density at radius 3 is 2.57 bits per heavy atom. The average Bonchev–Trinajstić information content (AvgIpc) is 2.20. The number of nitrogens with two attached hydrogens (primary N) is 1.